The van der Waals surface area contributed by atoms with E-state index < -0.39 is 5.95 Å². The monoisotopic (exact) mass is 411 g/mol. The molecule has 0 saturated carbocycles. The van der Waals surface area contributed by atoms with Crippen molar-refractivity contribution in [3.05, 3.63) is 91.0 Å². The number of hydrogen-bond acceptors (Lipinski definition) is 2. The maximum atomic E-state index is 13.3. The Balaban J connectivity index is 1.93. The molecule has 1 amide bonds. The lowest BCUT2D eigenvalue weighted by Gasteiger charge is -2.14. The molecule has 0 aliphatic heterocycles. The lowest BCUT2D eigenvalue weighted by molar-refractivity contribution is -0.111. The fourth-order valence-corrected chi connectivity index (χ4v) is 3.75. The van der Waals surface area contributed by atoms with Gasteiger partial charge in [0.15, 0.2) is 0 Å². The summed E-state index contributed by atoms with van der Waals surface area (Å²) in [5, 5.41) is 3.87. The summed E-state index contributed by atoms with van der Waals surface area (Å²) in [5.74, 6) is -0.770. The van der Waals surface area contributed by atoms with E-state index in [2.05, 4.69) is 34.5 Å². The number of carbonyl (C=O) groups excluding carboxylic acids is 1. The van der Waals surface area contributed by atoms with E-state index in [0.29, 0.717) is 0 Å². The highest BCUT2D eigenvalue weighted by atomic mass is 19.1. The standard InChI is InChI=1S/C26H22FN3O/c1-5-25(31)29-22-8-6-7-19(16(22)4)20-11-10-18(15(2)3)26-21(20)13-23(30-26)17-9-12-24(27)28-14-17/h5-14,30H,1-2H2,3-4H3,(H,29,31). The summed E-state index contributed by atoms with van der Waals surface area (Å²) in [7, 11) is 0. The number of anilines is 1. The highest BCUT2D eigenvalue weighted by molar-refractivity contribution is 6.05. The van der Waals surface area contributed by atoms with Crippen LogP contribution in [0.25, 0.3) is 38.9 Å². The first-order chi connectivity index (χ1) is 14.9. The van der Waals surface area contributed by atoms with Crippen LogP contribution in [-0.2, 0) is 4.79 Å². The molecule has 0 aliphatic carbocycles. The quantitative estimate of drug-likeness (QED) is 0.291. The highest BCUT2D eigenvalue weighted by Gasteiger charge is 2.16. The molecule has 0 aliphatic rings. The number of amides is 1. The van der Waals surface area contributed by atoms with Crippen molar-refractivity contribution in [2.24, 2.45) is 0 Å². The molecule has 2 aromatic carbocycles. The van der Waals surface area contributed by atoms with E-state index in [-0.39, 0.29) is 5.91 Å². The van der Waals surface area contributed by atoms with Crippen molar-refractivity contribution in [2.45, 2.75) is 13.8 Å². The summed E-state index contributed by atoms with van der Waals surface area (Å²) in [4.78, 5) is 19.1. The molecule has 154 valence electrons. The number of hydrogen-bond donors (Lipinski definition) is 2. The number of aromatic amines is 1. The number of nitrogens with one attached hydrogen (secondary N) is 2. The maximum absolute atomic E-state index is 13.3. The van der Waals surface area contributed by atoms with Gasteiger partial charge in [-0.3, -0.25) is 4.79 Å². The van der Waals surface area contributed by atoms with Gasteiger partial charge in [-0.1, -0.05) is 37.4 Å². The van der Waals surface area contributed by atoms with Gasteiger partial charge in [-0.25, -0.2) is 4.98 Å². The Hall–Kier alpha value is -3.99. The molecule has 2 N–H and O–H groups in total. The molecule has 0 atom stereocenters. The molecule has 0 radical (unpaired) electrons. The Morgan fingerprint density at radius 1 is 1.16 bits per heavy atom. The van der Waals surface area contributed by atoms with Crippen molar-refractivity contribution in [3.8, 4) is 22.4 Å². The SMILES string of the molecule is C=CC(=O)Nc1cccc(-c2ccc(C(=C)C)c3[nH]c(-c4ccc(F)nc4)cc23)c1C. The third kappa shape index (κ3) is 3.78. The van der Waals surface area contributed by atoms with E-state index in [4.69, 9.17) is 0 Å². The minimum atomic E-state index is -0.516. The second-order valence-electron chi connectivity index (χ2n) is 7.45. The molecular weight excluding hydrogens is 389 g/mol. The van der Waals surface area contributed by atoms with Crippen LogP contribution >= 0.6 is 0 Å². The van der Waals surface area contributed by atoms with Gasteiger partial charge in [0.05, 0.1) is 5.52 Å². The minimum Gasteiger partial charge on any atom is -0.354 e. The van der Waals surface area contributed by atoms with Gasteiger partial charge in [0.25, 0.3) is 0 Å². The van der Waals surface area contributed by atoms with Gasteiger partial charge in [0, 0.05) is 34.1 Å². The van der Waals surface area contributed by atoms with Crippen molar-refractivity contribution >= 4 is 28.1 Å². The van der Waals surface area contributed by atoms with Gasteiger partial charge in [-0.05, 0) is 66.5 Å². The Morgan fingerprint density at radius 2 is 1.97 bits per heavy atom. The van der Waals surface area contributed by atoms with Crippen molar-refractivity contribution in [3.63, 3.8) is 0 Å². The van der Waals surface area contributed by atoms with Crippen molar-refractivity contribution in [1.82, 2.24) is 9.97 Å². The van der Waals surface area contributed by atoms with Crippen LogP contribution in [-0.4, -0.2) is 15.9 Å². The number of rotatable bonds is 5. The van der Waals surface area contributed by atoms with E-state index in [1.807, 2.05) is 44.2 Å². The van der Waals surface area contributed by atoms with Crippen molar-refractivity contribution in [2.75, 3.05) is 5.32 Å². The van der Waals surface area contributed by atoms with E-state index >= 15 is 0 Å². The summed E-state index contributed by atoms with van der Waals surface area (Å²) >= 11 is 0. The lowest BCUT2D eigenvalue weighted by Crippen LogP contribution is -2.08. The Kier molecular flexibility index (Phi) is 5.26. The second-order valence-corrected chi connectivity index (χ2v) is 7.45. The van der Waals surface area contributed by atoms with Gasteiger partial charge in [-0.15, -0.1) is 0 Å². The first-order valence-electron chi connectivity index (χ1n) is 9.86. The van der Waals surface area contributed by atoms with Gasteiger partial charge in [-0.2, -0.15) is 4.39 Å². The Morgan fingerprint density at radius 3 is 2.65 bits per heavy atom. The number of carbonyl (C=O) groups is 1. The van der Waals surface area contributed by atoms with Crippen LogP contribution in [0.1, 0.15) is 18.1 Å². The van der Waals surface area contributed by atoms with Gasteiger partial charge >= 0.3 is 0 Å². The van der Waals surface area contributed by atoms with Crippen molar-refractivity contribution < 1.29 is 9.18 Å². The van der Waals surface area contributed by atoms with Gasteiger partial charge in [0.2, 0.25) is 11.9 Å². The normalized spacial score (nSPS) is 10.8. The zero-order valence-electron chi connectivity index (χ0n) is 17.4. The Bertz CT molecular complexity index is 1330. The maximum Gasteiger partial charge on any atom is 0.247 e. The predicted octanol–water partition coefficient (Wildman–Crippen LogP) is 6.50. The molecule has 0 unspecified atom stereocenters. The van der Waals surface area contributed by atoms with Crippen LogP contribution in [0.3, 0.4) is 0 Å². The number of nitrogens with zero attached hydrogens (tertiary/aromatic N) is 1. The molecule has 0 saturated heterocycles. The van der Waals surface area contributed by atoms with Crippen LogP contribution in [0.4, 0.5) is 10.1 Å². The topological polar surface area (TPSA) is 57.8 Å². The second kappa shape index (κ2) is 8.03. The number of fused-ring (bicyclic) bond motifs is 1. The molecule has 2 heterocycles. The highest BCUT2D eigenvalue weighted by Crippen LogP contribution is 2.38. The molecule has 31 heavy (non-hydrogen) atoms. The molecular formula is C26H22FN3O. The molecule has 2 aromatic heterocycles. The molecule has 4 nitrogen and oxygen atoms in total. The number of halogens is 1. The number of benzene rings is 2. The third-order valence-electron chi connectivity index (χ3n) is 5.36. The van der Waals surface area contributed by atoms with Gasteiger partial charge < -0.3 is 10.3 Å². The molecule has 0 spiro atoms. The summed E-state index contributed by atoms with van der Waals surface area (Å²) in [5.41, 5.74) is 8.23. The number of allylic oxidation sites excluding steroid dienone is 1. The number of H-pyrrole nitrogens is 1. The average Bonchev–Trinajstić information content (AvgIpc) is 3.20. The summed E-state index contributed by atoms with van der Waals surface area (Å²) in [6, 6.07) is 15.0. The van der Waals surface area contributed by atoms with E-state index in [1.54, 1.807) is 6.07 Å². The largest absolute Gasteiger partial charge is 0.354 e. The zero-order valence-corrected chi connectivity index (χ0v) is 17.4. The van der Waals surface area contributed by atoms with Crippen LogP contribution in [0.2, 0.25) is 0 Å². The summed E-state index contributed by atoms with van der Waals surface area (Å²) in [6.07, 6.45) is 2.76. The number of pyridine rings is 1. The van der Waals surface area contributed by atoms with E-state index in [9.17, 15) is 9.18 Å². The molecule has 0 bridgehead atoms. The molecule has 4 rings (SSSR count). The van der Waals surface area contributed by atoms with Crippen LogP contribution < -0.4 is 5.32 Å². The average molecular weight is 411 g/mol. The van der Waals surface area contributed by atoms with Crippen molar-refractivity contribution in [1.29, 1.82) is 0 Å². The summed E-state index contributed by atoms with van der Waals surface area (Å²) in [6.45, 7) is 11.6. The Labute approximate surface area is 180 Å². The fraction of sp³-hybridized carbons (Fsp3) is 0.0769. The predicted molar refractivity (Wildman–Crippen MR) is 125 cm³/mol. The first kappa shape index (κ1) is 20.3. The van der Waals surface area contributed by atoms with E-state index in [0.717, 1.165) is 55.7 Å². The lowest BCUT2D eigenvalue weighted by atomic mass is 9.93. The third-order valence-corrected chi connectivity index (χ3v) is 5.36. The number of aromatic nitrogens is 2. The molecule has 5 heteroatoms. The van der Waals surface area contributed by atoms with E-state index in [1.165, 1.54) is 18.3 Å². The van der Waals surface area contributed by atoms with Crippen LogP contribution in [0.15, 0.2) is 74.0 Å². The molecule has 4 aromatic rings. The zero-order chi connectivity index (χ0) is 22.1. The molecule has 0 fully saturated rings. The minimum absolute atomic E-state index is 0.254. The van der Waals surface area contributed by atoms with Crippen LogP contribution in [0, 0.1) is 12.9 Å². The summed E-state index contributed by atoms with van der Waals surface area (Å²) < 4.78 is 13.3. The van der Waals surface area contributed by atoms with Gasteiger partial charge in [0.1, 0.15) is 0 Å². The first-order valence-corrected chi connectivity index (χ1v) is 9.86. The van der Waals surface area contributed by atoms with Crippen LogP contribution in [0.5, 0.6) is 0 Å². The fourth-order valence-electron chi connectivity index (χ4n) is 3.75. The smallest absolute Gasteiger partial charge is 0.247 e.